The molecule has 6 heteroatoms. The molecule has 0 aromatic carbocycles. The highest BCUT2D eigenvalue weighted by molar-refractivity contribution is 6.01. The maximum Gasteiger partial charge on any atom is 0.249 e. The van der Waals surface area contributed by atoms with Gasteiger partial charge in [-0.25, -0.2) is 0 Å². The average Bonchev–Trinajstić information content (AvgIpc) is 2.68. The van der Waals surface area contributed by atoms with Crippen molar-refractivity contribution in [1.82, 2.24) is 10.6 Å². The Balaban J connectivity index is 1.90. The van der Waals surface area contributed by atoms with Crippen LogP contribution in [0.2, 0.25) is 0 Å². The van der Waals surface area contributed by atoms with Crippen molar-refractivity contribution in [1.29, 1.82) is 0 Å². The monoisotopic (exact) mass is 240 g/mol. The van der Waals surface area contributed by atoms with Crippen LogP contribution in [0.4, 0.5) is 0 Å². The van der Waals surface area contributed by atoms with Crippen LogP contribution >= 0.6 is 0 Å². The second-order valence-electron chi connectivity index (χ2n) is 4.48. The summed E-state index contributed by atoms with van der Waals surface area (Å²) in [6, 6.07) is -0.590. The molecule has 3 unspecified atom stereocenters. The molecule has 17 heavy (non-hydrogen) atoms. The Morgan fingerprint density at radius 1 is 1.41 bits per heavy atom. The van der Waals surface area contributed by atoms with Crippen LogP contribution in [0.3, 0.4) is 0 Å². The number of hydrogen-bond acceptors (Lipinski definition) is 4. The maximum absolute atomic E-state index is 11.9. The van der Waals surface area contributed by atoms with Gasteiger partial charge in [0, 0.05) is 13.0 Å². The Labute approximate surface area is 99.1 Å². The summed E-state index contributed by atoms with van der Waals surface area (Å²) in [7, 11) is 0. The van der Waals surface area contributed by atoms with Crippen LogP contribution in [0.5, 0.6) is 0 Å². The number of ether oxygens (including phenoxy) is 1. The van der Waals surface area contributed by atoms with E-state index < -0.39 is 11.9 Å². The summed E-state index contributed by atoms with van der Waals surface area (Å²) >= 11 is 0. The fraction of sp³-hybridized carbons (Fsp3) is 0.727. The van der Waals surface area contributed by atoms with Gasteiger partial charge in [-0.2, -0.15) is 0 Å². The molecule has 0 radical (unpaired) electrons. The van der Waals surface area contributed by atoms with Crippen molar-refractivity contribution in [2.45, 2.75) is 38.3 Å². The number of carbonyl (C=O) groups is 3. The van der Waals surface area contributed by atoms with Crippen molar-refractivity contribution in [3.63, 3.8) is 0 Å². The molecule has 0 spiro atoms. The van der Waals surface area contributed by atoms with Crippen molar-refractivity contribution in [3.8, 4) is 0 Å². The lowest BCUT2D eigenvalue weighted by Crippen LogP contribution is -2.53. The Bertz CT molecular complexity index is 355. The molecule has 3 amide bonds. The molecule has 0 aromatic heterocycles. The molecular formula is C11H16N2O4. The lowest BCUT2D eigenvalue weighted by Gasteiger charge is -2.24. The number of piperidine rings is 1. The van der Waals surface area contributed by atoms with Gasteiger partial charge in [-0.05, 0) is 19.8 Å². The molecule has 2 aliphatic rings. The van der Waals surface area contributed by atoms with Gasteiger partial charge < -0.3 is 10.1 Å². The van der Waals surface area contributed by atoms with Crippen LogP contribution in [0, 0.1) is 5.92 Å². The first kappa shape index (κ1) is 12.0. The van der Waals surface area contributed by atoms with Crippen molar-refractivity contribution in [2.75, 3.05) is 6.61 Å². The quantitative estimate of drug-likeness (QED) is 0.627. The summed E-state index contributed by atoms with van der Waals surface area (Å²) in [6.45, 7) is 2.43. The lowest BCUT2D eigenvalue weighted by atomic mass is 9.99. The first-order valence-corrected chi connectivity index (χ1v) is 5.83. The van der Waals surface area contributed by atoms with Crippen LogP contribution in [-0.4, -0.2) is 36.5 Å². The van der Waals surface area contributed by atoms with Crippen LogP contribution in [0.25, 0.3) is 0 Å². The Hall–Kier alpha value is -1.43. The highest BCUT2D eigenvalue weighted by atomic mass is 16.5. The third-order valence-electron chi connectivity index (χ3n) is 3.27. The first-order valence-electron chi connectivity index (χ1n) is 5.83. The van der Waals surface area contributed by atoms with Gasteiger partial charge in [0.05, 0.1) is 12.0 Å². The van der Waals surface area contributed by atoms with Crippen LogP contribution in [0.15, 0.2) is 0 Å². The largest absolute Gasteiger partial charge is 0.378 e. The zero-order valence-corrected chi connectivity index (χ0v) is 9.69. The minimum Gasteiger partial charge on any atom is -0.378 e. The molecule has 0 aromatic rings. The molecule has 2 fully saturated rings. The molecule has 2 heterocycles. The van der Waals surface area contributed by atoms with Crippen molar-refractivity contribution < 1.29 is 19.1 Å². The molecule has 0 saturated carbocycles. The molecule has 2 rings (SSSR count). The standard InChI is InChI=1S/C11H16N2O4/c1-6-7(4-5-17-6)10(15)12-8-2-3-9(14)13-11(8)16/h6-8H,2-5H2,1H3,(H,12,15)(H,13,14,16). The summed E-state index contributed by atoms with van der Waals surface area (Å²) in [4.78, 5) is 34.3. The van der Waals surface area contributed by atoms with E-state index in [1.807, 2.05) is 6.92 Å². The molecular weight excluding hydrogens is 224 g/mol. The lowest BCUT2D eigenvalue weighted by molar-refractivity contribution is -0.138. The Morgan fingerprint density at radius 3 is 2.76 bits per heavy atom. The zero-order valence-electron chi connectivity index (χ0n) is 9.69. The minimum atomic E-state index is -0.590. The minimum absolute atomic E-state index is 0.108. The topological polar surface area (TPSA) is 84.5 Å². The van der Waals surface area contributed by atoms with E-state index in [-0.39, 0.29) is 30.3 Å². The van der Waals surface area contributed by atoms with Gasteiger partial charge >= 0.3 is 0 Å². The highest BCUT2D eigenvalue weighted by Gasteiger charge is 2.34. The van der Waals surface area contributed by atoms with Crippen LogP contribution in [0.1, 0.15) is 26.2 Å². The third kappa shape index (κ3) is 2.63. The van der Waals surface area contributed by atoms with Gasteiger partial charge in [-0.3, -0.25) is 19.7 Å². The number of carbonyl (C=O) groups excluding carboxylic acids is 3. The van der Waals surface area contributed by atoms with Crippen LogP contribution < -0.4 is 10.6 Å². The molecule has 94 valence electrons. The van der Waals surface area contributed by atoms with Gasteiger partial charge in [0.2, 0.25) is 17.7 Å². The Kier molecular flexibility index (Phi) is 3.42. The number of rotatable bonds is 2. The normalized spacial score (nSPS) is 33.4. The third-order valence-corrected chi connectivity index (χ3v) is 3.27. The van der Waals surface area contributed by atoms with Crippen LogP contribution in [-0.2, 0) is 19.1 Å². The molecule has 0 bridgehead atoms. The van der Waals surface area contributed by atoms with E-state index in [1.165, 1.54) is 0 Å². The molecule has 2 aliphatic heterocycles. The second kappa shape index (κ2) is 4.83. The van der Waals surface area contributed by atoms with E-state index in [0.717, 1.165) is 0 Å². The van der Waals surface area contributed by atoms with Gasteiger partial charge in [-0.15, -0.1) is 0 Å². The molecule has 6 nitrogen and oxygen atoms in total. The fourth-order valence-corrected chi connectivity index (χ4v) is 2.19. The number of hydrogen-bond donors (Lipinski definition) is 2. The van der Waals surface area contributed by atoms with Crippen molar-refractivity contribution in [3.05, 3.63) is 0 Å². The SMILES string of the molecule is CC1OCCC1C(=O)NC1CCC(=O)NC1=O. The number of amides is 3. The summed E-state index contributed by atoms with van der Waals surface area (Å²) in [6.07, 6.45) is 1.22. The Morgan fingerprint density at radius 2 is 2.18 bits per heavy atom. The number of imide groups is 1. The molecule has 3 atom stereocenters. The summed E-state index contributed by atoms with van der Waals surface area (Å²) < 4.78 is 5.30. The summed E-state index contributed by atoms with van der Waals surface area (Å²) in [5.74, 6) is -1.05. The predicted molar refractivity (Wildman–Crippen MR) is 57.8 cm³/mol. The fourth-order valence-electron chi connectivity index (χ4n) is 2.19. The highest BCUT2D eigenvalue weighted by Crippen LogP contribution is 2.21. The van der Waals surface area contributed by atoms with E-state index in [0.29, 0.717) is 19.4 Å². The van der Waals surface area contributed by atoms with Crippen molar-refractivity contribution >= 4 is 17.7 Å². The van der Waals surface area contributed by atoms with E-state index in [4.69, 9.17) is 4.74 Å². The van der Waals surface area contributed by atoms with E-state index in [2.05, 4.69) is 10.6 Å². The zero-order chi connectivity index (χ0) is 12.4. The predicted octanol–water partition coefficient (Wildman–Crippen LogP) is -0.667. The number of nitrogens with one attached hydrogen (secondary N) is 2. The van der Waals surface area contributed by atoms with Gasteiger partial charge in [0.15, 0.2) is 0 Å². The van der Waals surface area contributed by atoms with Crippen molar-refractivity contribution in [2.24, 2.45) is 5.92 Å². The summed E-state index contributed by atoms with van der Waals surface area (Å²) in [5, 5.41) is 4.89. The van der Waals surface area contributed by atoms with Gasteiger partial charge in [-0.1, -0.05) is 0 Å². The van der Waals surface area contributed by atoms with E-state index >= 15 is 0 Å². The smallest absolute Gasteiger partial charge is 0.249 e. The molecule has 2 N–H and O–H groups in total. The van der Waals surface area contributed by atoms with E-state index in [1.54, 1.807) is 0 Å². The van der Waals surface area contributed by atoms with Gasteiger partial charge in [0.25, 0.3) is 0 Å². The maximum atomic E-state index is 11.9. The molecule has 0 aliphatic carbocycles. The molecule has 2 saturated heterocycles. The van der Waals surface area contributed by atoms with E-state index in [9.17, 15) is 14.4 Å². The summed E-state index contributed by atoms with van der Waals surface area (Å²) in [5.41, 5.74) is 0. The average molecular weight is 240 g/mol. The first-order chi connectivity index (χ1) is 8.08. The van der Waals surface area contributed by atoms with Gasteiger partial charge in [0.1, 0.15) is 6.04 Å². The second-order valence-corrected chi connectivity index (χ2v) is 4.48.